The molecule has 0 spiro atoms. The zero-order valence-electron chi connectivity index (χ0n) is 13.3. The summed E-state index contributed by atoms with van der Waals surface area (Å²) in [4.78, 5) is 4.41. The molecule has 1 unspecified atom stereocenters. The summed E-state index contributed by atoms with van der Waals surface area (Å²) in [5.74, 6) is 0. The van der Waals surface area contributed by atoms with Crippen LogP contribution in [0.2, 0.25) is 5.02 Å². The molecule has 4 rings (SSSR count). The summed E-state index contributed by atoms with van der Waals surface area (Å²) >= 11 is 6.03. The summed E-state index contributed by atoms with van der Waals surface area (Å²) in [5.41, 5.74) is 6.45. The molecule has 0 aliphatic heterocycles. The van der Waals surface area contributed by atoms with Crippen LogP contribution in [0, 0.1) is 0 Å². The fraction of sp³-hybridized carbons (Fsp3) is 0.263. The number of aromatic amines is 1. The van der Waals surface area contributed by atoms with Crippen LogP contribution in [0.5, 0.6) is 0 Å². The first-order chi connectivity index (χ1) is 11.8. The molecule has 122 valence electrons. The van der Waals surface area contributed by atoms with Crippen LogP contribution in [0.4, 0.5) is 0 Å². The molecule has 0 saturated heterocycles. The van der Waals surface area contributed by atoms with Crippen molar-refractivity contribution >= 4 is 11.6 Å². The van der Waals surface area contributed by atoms with Crippen LogP contribution in [0.3, 0.4) is 0 Å². The highest BCUT2D eigenvalue weighted by molar-refractivity contribution is 6.30. The lowest BCUT2D eigenvalue weighted by Crippen LogP contribution is -2.22. The van der Waals surface area contributed by atoms with Gasteiger partial charge in [-0.15, -0.1) is 0 Å². The molecule has 3 aromatic rings. The first-order valence-electron chi connectivity index (χ1n) is 8.23. The van der Waals surface area contributed by atoms with Crippen LogP contribution in [0.1, 0.15) is 40.3 Å². The standard InChI is InChI=1S/C19H19ClN4/c20-17-6-4-13(5-7-17)19(16-11-23-24-12-16)22-10-15-9-21-8-14-2-1-3-18(14)15/h4-9,11-12,19,22H,1-3,10H2,(H,23,24). The van der Waals surface area contributed by atoms with E-state index in [0.717, 1.165) is 30.0 Å². The van der Waals surface area contributed by atoms with Crippen LogP contribution < -0.4 is 5.32 Å². The highest BCUT2D eigenvalue weighted by Gasteiger charge is 2.18. The van der Waals surface area contributed by atoms with E-state index in [0.29, 0.717) is 0 Å². The lowest BCUT2D eigenvalue weighted by Gasteiger charge is -2.19. The first kappa shape index (κ1) is 15.4. The van der Waals surface area contributed by atoms with Crippen molar-refractivity contribution in [3.63, 3.8) is 0 Å². The van der Waals surface area contributed by atoms with Crippen LogP contribution in [-0.4, -0.2) is 15.2 Å². The Hall–Kier alpha value is -2.17. The second-order valence-corrected chi connectivity index (χ2v) is 6.62. The number of nitrogens with zero attached hydrogens (tertiary/aromatic N) is 2. The minimum absolute atomic E-state index is 0.0678. The Balaban J connectivity index is 1.59. The number of halogens is 1. The number of pyridine rings is 1. The maximum atomic E-state index is 6.03. The molecule has 1 aliphatic rings. The number of hydrogen-bond donors (Lipinski definition) is 2. The van der Waals surface area contributed by atoms with Gasteiger partial charge in [-0.1, -0.05) is 23.7 Å². The summed E-state index contributed by atoms with van der Waals surface area (Å²) in [5, 5.41) is 11.4. The SMILES string of the molecule is Clc1ccc(C(NCc2cncc3c2CCC3)c2cn[nH]c2)cc1. The van der Waals surface area contributed by atoms with Gasteiger partial charge in [-0.25, -0.2) is 0 Å². The summed E-state index contributed by atoms with van der Waals surface area (Å²) in [7, 11) is 0. The number of aryl methyl sites for hydroxylation is 1. The molecule has 5 heteroatoms. The van der Waals surface area contributed by atoms with Crippen LogP contribution in [-0.2, 0) is 19.4 Å². The number of aromatic nitrogens is 3. The number of rotatable bonds is 5. The Bertz CT molecular complexity index is 812. The van der Waals surface area contributed by atoms with Gasteiger partial charge in [0.1, 0.15) is 0 Å². The number of hydrogen-bond acceptors (Lipinski definition) is 3. The third-order valence-corrected chi connectivity index (χ3v) is 4.91. The minimum atomic E-state index is 0.0678. The maximum absolute atomic E-state index is 6.03. The molecule has 2 aromatic heterocycles. The molecule has 0 amide bonds. The van der Waals surface area contributed by atoms with E-state index in [4.69, 9.17) is 11.6 Å². The van der Waals surface area contributed by atoms with Crippen LogP contribution in [0.15, 0.2) is 49.1 Å². The van der Waals surface area contributed by atoms with Gasteiger partial charge in [0.25, 0.3) is 0 Å². The number of fused-ring (bicyclic) bond motifs is 1. The third kappa shape index (κ3) is 3.07. The molecule has 1 aliphatic carbocycles. The van der Waals surface area contributed by atoms with Gasteiger partial charge in [-0.05, 0) is 53.6 Å². The smallest absolute Gasteiger partial charge is 0.0610 e. The highest BCUT2D eigenvalue weighted by atomic mass is 35.5. The van der Waals surface area contributed by atoms with E-state index in [2.05, 4.69) is 32.6 Å². The van der Waals surface area contributed by atoms with E-state index in [1.807, 2.05) is 36.9 Å². The molecule has 1 atom stereocenters. The van der Waals surface area contributed by atoms with Gasteiger partial charge < -0.3 is 5.32 Å². The molecular formula is C19H19ClN4. The van der Waals surface area contributed by atoms with Crippen molar-refractivity contribution in [1.82, 2.24) is 20.5 Å². The van der Waals surface area contributed by atoms with Crippen molar-refractivity contribution in [3.05, 3.63) is 81.9 Å². The fourth-order valence-corrected chi connectivity index (χ4v) is 3.56. The van der Waals surface area contributed by atoms with Gasteiger partial charge in [0, 0.05) is 35.7 Å². The van der Waals surface area contributed by atoms with Crippen molar-refractivity contribution in [2.75, 3.05) is 0 Å². The summed E-state index contributed by atoms with van der Waals surface area (Å²) < 4.78 is 0. The van der Waals surface area contributed by atoms with Crippen molar-refractivity contribution in [1.29, 1.82) is 0 Å². The first-order valence-corrected chi connectivity index (χ1v) is 8.61. The molecule has 24 heavy (non-hydrogen) atoms. The van der Waals surface area contributed by atoms with E-state index in [1.54, 1.807) is 0 Å². The fourth-order valence-electron chi connectivity index (χ4n) is 3.44. The van der Waals surface area contributed by atoms with Gasteiger partial charge in [0.05, 0.1) is 12.2 Å². The van der Waals surface area contributed by atoms with Gasteiger partial charge >= 0.3 is 0 Å². The summed E-state index contributed by atoms with van der Waals surface area (Å²) in [6.45, 7) is 0.786. The van der Waals surface area contributed by atoms with E-state index in [9.17, 15) is 0 Å². The quantitative estimate of drug-likeness (QED) is 0.743. The molecule has 2 heterocycles. The largest absolute Gasteiger partial charge is 0.302 e. The van der Waals surface area contributed by atoms with Crippen molar-refractivity contribution in [3.8, 4) is 0 Å². The van der Waals surface area contributed by atoms with Crippen molar-refractivity contribution in [2.24, 2.45) is 0 Å². The van der Waals surface area contributed by atoms with Gasteiger partial charge in [0.15, 0.2) is 0 Å². The van der Waals surface area contributed by atoms with E-state index >= 15 is 0 Å². The van der Waals surface area contributed by atoms with E-state index in [1.165, 1.54) is 28.7 Å². The predicted octanol–water partition coefficient (Wildman–Crippen LogP) is 3.83. The van der Waals surface area contributed by atoms with Gasteiger partial charge in [0.2, 0.25) is 0 Å². The average Bonchev–Trinajstić information content (AvgIpc) is 3.28. The van der Waals surface area contributed by atoms with E-state index < -0.39 is 0 Å². The molecular weight excluding hydrogens is 320 g/mol. The van der Waals surface area contributed by atoms with Crippen LogP contribution >= 0.6 is 11.6 Å². The number of H-pyrrole nitrogens is 1. The molecule has 0 saturated carbocycles. The molecule has 0 bridgehead atoms. The monoisotopic (exact) mass is 338 g/mol. The zero-order chi connectivity index (χ0) is 16.4. The highest BCUT2D eigenvalue weighted by Crippen LogP contribution is 2.26. The van der Waals surface area contributed by atoms with Crippen molar-refractivity contribution < 1.29 is 0 Å². The maximum Gasteiger partial charge on any atom is 0.0610 e. The van der Waals surface area contributed by atoms with Gasteiger partial charge in [-0.2, -0.15) is 5.10 Å². The Morgan fingerprint density at radius 1 is 1.08 bits per heavy atom. The second-order valence-electron chi connectivity index (χ2n) is 6.19. The zero-order valence-corrected chi connectivity index (χ0v) is 14.1. The third-order valence-electron chi connectivity index (χ3n) is 4.66. The average molecular weight is 339 g/mol. The van der Waals surface area contributed by atoms with Crippen molar-refractivity contribution in [2.45, 2.75) is 31.8 Å². The molecule has 2 N–H and O–H groups in total. The molecule has 1 aromatic carbocycles. The lowest BCUT2D eigenvalue weighted by atomic mass is 10.0. The lowest BCUT2D eigenvalue weighted by molar-refractivity contribution is 0.601. The number of nitrogens with one attached hydrogen (secondary N) is 2. The van der Waals surface area contributed by atoms with E-state index in [-0.39, 0.29) is 6.04 Å². The molecule has 0 fully saturated rings. The van der Waals surface area contributed by atoms with Crippen LogP contribution in [0.25, 0.3) is 0 Å². The Kier molecular flexibility index (Phi) is 4.32. The molecule has 0 radical (unpaired) electrons. The Labute approximate surface area is 146 Å². The van der Waals surface area contributed by atoms with Gasteiger partial charge in [-0.3, -0.25) is 10.1 Å². The predicted molar refractivity (Wildman–Crippen MR) is 95.0 cm³/mol. The summed E-state index contributed by atoms with van der Waals surface area (Å²) in [6.07, 6.45) is 11.3. The topological polar surface area (TPSA) is 53.6 Å². The molecule has 4 nitrogen and oxygen atoms in total. The Morgan fingerprint density at radius 2 is 1.96 bits per heavy atom. The normalized spacial score (nSPS) is 14.5. The number of benzene rings is 1. The Morgan fingerprint density at radius 3 is 2.75 bits per heavy atom. The summed E-state index contributed by atoms with van der Waals surface area (Å²) in [6, 6.07) is 8.03. The second kappa shape index (κ2) is 6.75. The minimum Gasteiger partial charge on any atom is -0.302 e.